The number of nitrogens with two attached hydrogens (primary N) is 1. The highest BCUT2D eigenvalue weighted by molar-refractivity contribution is 6.33. The van der Waals surface area contributed by atoms with Gasteiger partial charge in [0.05, 0.1) is 11.3 Å². The van der Waals surface area contributed by atoms with Gasteiger partial charge in [0.1, 0.15) is 0 Å². The topological polar surface area (TPSA) is 52.0 Å². The van der Waals surface area contributed by atoms with Gasteiger partial charge in [-0.25, -0.2) is 0 Å². The SMILES string of the molecule is CC1(C)CC1c1noc(N)c1-c1ccccc1Cl. The maximum Gasteiger partial charge on any atom is 0.230 e. The number of hydrogen-bond donors (Lipinski definition) is 1. The lowest BCUT2D eigenvalue weighted by atomic mass is 9.99. The van der Waals surface area contributed by atoms with Crippen LogP contribution in [0.3, 0.4) is 0 Å². The number of nitrogens with zero attached hydrogens (tertiary/aromatic N) is 1. The van der Waals surface area contributed by atoms with E-state index in [2.05, 4.69) is 19.0 Å². The summed E-state index contributed by atoms with van der Waals surface area (Å²) in [6, 6.07) is 7.64. The number of benzene rings is 1. The Morgan fingerprint density at radius 2 is 2.06 bits per heavy atom. The summed E-state index contributed by atoms with van der Waals surface area (Å²) >= 11 is 6.23. The largest absolute Gasteiger partial charge is 0.367 e. The number of anilines is 1. The van der Waals surface area contributed by atoms with Crippen LogP contribution in [0.15, 0.2) is 28.8 Å². The predicted molar refractivity (Wildman–Crippen MR) is 72.5 cm³/mol. The fourth-order valence-corrected chi connectivity index (χ4v) is 2.65. The highest BCUT2D eigenvalue weighted by Gasteiger charge is 2.50. The quantitative estimate of drug-likeness (QED) is 0.887. The molecule has 3 rings (SSSR count). The van der Waals surface area contributed by atoms with Crippen molar-refractivity contribution >= 4 is 17.5 Å². The van der Waals surface area contributed by atoms with E-state index < -0.39 is 0 Å². The Morgan fingerprint density at radius 1 is 1.39 bits per heavy atom. The summed E-state index contributed by atoms with van der Waals surface area (Å²) in [7, 11) is 0. The first kappa shape index (κ1) is 11.6. The second-order valence-corrected chi connectivity index (χ2v) is 5.94. The molecular formula is C14H15ClN2O. The van der Waals surface area contributed by atoms with Crippen LogP contribution in [0.2, 0.25) is 5.02 Å². The standard InChI is InChI=1S/C14H15ClN2O/c1-14(2)7-9(14)12-11(13(16)18-17-12)8-5-3-4-6-10(8)15/h3-6,9H,7,16H2,1-2H3. The van der Waals surface area contributed by atoms with Gasteiger partial charge in [-0.2, -0.15) is 0 Å². The molecule has 0 bridgehead atoms. The third-order valence-corrected chi connectivity index (χ3v) is 4.06. The summed E-state index contributed by atoms with van der Waals surface area (Å²) in [5, 5.41) is 4.81. The van der Waals surface area contributed by atoms with Gasteiger partial charge in [-0.05, 0) is 17.9 Å². The van der Waals surface area contributed by atoms with Gasteiger partial charge >= 0.3 is 0 Å². The summed E-state index contributed by atoms with van der Waals surface area (Å²) in [6.45, 7) is 4.44. The Hall–Kier alpha value is -1.48. The molecule has 1 unspecified atom stereocenters. The van der Waals surface area contributed by atoms with Crippen LogP contribution < -0.4 is 5.73 Å². The van der Waals surface area contributed by atoms with E-state index in [9.17, 15) is 0 Å². The van der Waals surface area contributed by atoms with Crippen LogP contribution in [0.25, 0.3) is 11.1 Å². The first-order chi connectivity index (χ1) is 8.50. The van der Waals surface area contributed by atoms with Gasteiger partial charge in [-0.1, -0.05) is 48.8 Å². The van der Waals surface area contributed by atoms with Crippen molar-refractivity contribution in [2.24, 2.45) is 5.41 Å². The summed E-state index contributed by atoms with van der Waals surface area (Å²) in [6.07, 6.45) is 1.11. The molecule has 1 aliphatic carbocycles. The van der Waals surface area contributed by atoms with Crippen molar-refractivity contribution in [1.29, 1.82) is 0 Å². The minimum atomic E-state index is 0.277. The molecule has 4 heteroatoms. The highest BCUT2D eigenvalue weighted by atomic mass is 35.5. The Bertz CT molecular complexity index is 604. The number of rotatable bonds is 2. The molecule has 1 atom stereocenters. The van der Waals surface area contributed by atoms with Crippen molar-refractivity contribution in [1.82, 2.24) is 5.16 Å². The van der Waals surface area contributed by atoms with Crippen molar-refractivity contribution < 1.29 is 4.52 Å². The molecule has 1 fully saturated rings. The van der Waals surface area contributed by atoms with Crippen molar-refractivity contribution in [2.45, 2.75) is 26.2 Å². The van der Waals surface area contributed by atoms with E-state index in [4.69, 9.17) is 21.9 Å². The van der Waals surface area contributed by atoms with Crippen LogP contribution >= 0.6 is 11.6 Å². The zero-order chi connectivity index (χ0) is 12.9. The number of aromatic nitrogens is 1. The zero-order valence-corrected chi connectivity index (χ0v) is 11.2. The van der Waals surface area contributed by atoms with Crippen molar-refractivity contribution in [3.05, 3.63) is 35.0 Å². The van der Waals surface area contributed by atoms with Crippen LogP contribution in [0.5, 0.6) is 0 Å². The van der Waals surface area contributed by atoms with Gasteiger partial charge in [0.15, 0.2) is 0 Å². The van der Waals surface area contributed by atoms with E-state index in [1.54, 1.807) is 0 Å². The zero-order valence-electron chi connectivity index (χ0n) is 10.4. The van der Waals surface area contributed by atoms with Crippen molar-refractivity contribution in [3.63, 3.8) is 0 Å². The highest BCUT2D eigenvalue weighted by Crippen LogP contribution is 2.60. The number of hydrogen-bond acceptors (Lipinski definition) is 3. The molecule has 1 saturated carbocycles. The van der Waals surface area contributed by atoms with Crippen LogP contribution in [-0.2, 0) is 0 Å². The maximum atomic E-state index is 6.23. The Labute approximate surface area is 111 Å². The molecule has 18 heavy (non-hydrogen) atoms. The van der Waals surface area contributed by atoms with Gasteiger partial charge in [-0.3, -0.25) is 0 Å². The van der Waals surface area contributed by atoms with Crippen LogP contribution in [0.1, 0.15) is 31.9 Å². The van der Waals surface area contributed by atoms with Gasteiger partial charge in [0.2, 0.25) is 5.88 Å². The molecule has 1 aromatic heterocycles. The second-order valence-electron chi connectivity index (χ2n) is 5.53. The molecule has 0 amide bonds. The lowest BCUT2D eigenvalue weighted by molar-refractivity contribution is 0.424. The first-order valence-corrected chi connectivity index (χ1v) is 6.38. The third kappa shape index (κ3) is 1.70. The molecule has 0 saturated heterocycles. The normalized spacial score (nSPS) is 20.9. The summed E-state index contributed by atoms with van der Waals surface area (Å²) < 4.78 is 5.17. The van der Waals surface area contributed by atoms with Gasteiger partial charge < -0.3 is 10.3 Å². The first-order valence-electron chi connectivity index (χ1n) is 6.00. The third-order valence-electron chi connectivity index (χ3n) is 3.73. The Kier molecular flexibility index (Phi) is 2.42. The fraction of sp³-hybridized carbons (Fsp3) is 0.357. The summed E-state index contributed by atoms with van der Waals surface area (Å²) in [4.78, 5) is 0. The molecule has 2 N–H and O–H groups in total. The lowest BCUT2D eigenvalue weighted by Crippen LogP contribution is -1.94. The van der Waals surface area contributed by atoms with E-state index in [1.165, 1.54) is 0 Å². The molecule has 1 aliphatic rings. The Balaban J connectivity index is 2.13. The van der Waals surface area contributed by atoms with Gasteiger partial charge in [0, 0.05) is 16.5 Å². The number of halogens is 1. The average molecular weight is 263 g/mol. The second kappa shape index (κ2) is 3.75. The summed E-state index contributed by atoms with van der Waals surface area (Å²) in [5.41, 5.74) is 8.88. The number of nitrogen functional groups attached to an aromatic ring is 1. The predicted octanol–water partition coefficient (Wildman–Crippen LogP) is 4.09. The van der Waals surface area contributed by atoms with E-state index in [0.717, 1.165) is 23.2 Å². The van der Waals surface area contributed by atoms with Crippen LogP contribution in [0, 0.1) is 5.41 Å². The smallest absolute Gasteiger partial charge is 0.230 e. The molecule has 3 nitrogen and oxygen atoms in total. The average Bonchev–Trinajstić information content (AvgIpc) is 2.78. The van der Waals surface area contributed by atoms with Crippen molar-refractivity contribution in [3.8, 4) is 11.1 Å². The van der Waals surface area contributed by atoms with Crippen molar-refractivity contribution in [2.75, 3.05) is 5.73 Å². The minimum absolute atomic E-state index is 0.277. The fourth-order valence-electron chi connectivity index (χ4n) is 2.42. The van der Waals surface area contributed by atoms with E-state index in [1.807, 2.05) is 24.3 Å². The molecule has 0 radical (unpaired) electrons. The van der Waals surface area contributed by atoms with E-state index in [-0.39, 0.29) is 5.41 Å². The molecule has 0 aliphatic heterocycles. The monoisotopic (exact) mass is 262 g/mol. The van der Waals surface area contributed by atoms with E-state index >= 15 is 0 Å². The molecule has 94 valence electrons. The minimum Gasteiger partial charge on any atom is -0.367 e. The van der Waals surface area contributed by atoms with Crippen LogP contribution in [0.4, 0.5) is 5.88 Å². The molecule has 1 aromatic carbocycles. The molecule has 0 spiro atoms. The maximum absolute atomic E-state index is 6.23. The Morgan fingerprint density at radius 3 is 2.67 bits per heavy atom. The molecule has 2 aromatic rings. The van der Waals surface area contributed by atoms with Gasteiger partial charge in [-0.15, -0.1) is 0 Å². The lowest BCUT2D eigenvalue weighted by Gasteiger charge is -2.05. The molecular weight excluding hydrogens is 248 g/mol. The summed E-state index contributed by atoms with van der Waals surface area (Å²) in [5.74, 6) is 0.755. The molecule has 1 heterocycles. The van der Waals surface area contributed by atoms with E-state index in [0.29, 0.717) is 16.8 Å². The van der Waals surface area contributed by atoms with Crippen LogP contribution in [-0.4, -0.2) is 5.16 Å². The van der Waals surface area contributed by atoms with Gasteiger partial charge in [0.25, 0.3) is 0 Å².